The van der Waals surface area contributed by atoms with E-state index in [-0.39, 0.29) is 11.9 Å². The maximum Gasteiger partial charge on any atom is 0.254 e. The van der Waals surface area contributed by atoms with Crippen molar-refractivity contribution < 1.29 is 19.0 Å². The zero-order chi connectivity index (χ0) is 17.8. The summed E-state index contributed by atoms with van der Waals surface area (Å²) in [7, 11) is 4.65. The van der Waals surface area contributed by atoms with Crippen molar-refractivity contribution in [3.63, 3.8) is 0 Å². The summed E-state index contributed by atoms with van der Waals surface area (Å²) in [6, 6.07) is 13.7. The number of carbonyl (C=O) groups is 1. The van der Waals surface area contributed by atoms with Crippen molar-refractivity contribution in [3.05, 3.63) is 53.6 Å². The predicted molar refractivity (Wildman–Crippen MR) is 95.6 cm³/mol. The van der Waals surface area contributed by atoms with Crippen molar-refractivity contribution >= 4 is 5.91 Å². The molecule has 1 atom stereocenters. The minimum absolute atomic E-state index is 0.0226. The number of hydrogen-bond donors (Lipinski definition) is 0. The molecule has 0 aromatic heterocycles. The highest BCUT2D eigenvalue weighted by Crippen LogP contribution is 2.40. The van der Waals surface area contributed by atoms with Gasteiger partial charge in [0.25, 0.3) is 5.91 Å². The molecule has 132 valence electrons. The van der Waals surface area contributed by atoms with Gasteiger partial charge in [0, 0.05) is 12.1 Å². The zero-order valence-corrected chi connectivity index (χ0v) is 14.8. The quantitative estimate of drug-likeness (QED) is 0.832. The van der Waals surface area contributed by atoms with Crippen LogP contribution in [0.4, 0.5) is 0 Å². The maximum atomic E-state index is 13.1. The Morgan fingerprint density at radius 3 is 2.20 bits per heavy atom. The van der Waals surface area contributed by atoms with Gasteiger partial charge in [-0.2, -0.15) is 0 Å². The largest absolute Gasteiger partial charge is 0.493 e. The number of benzene rings is 2. The molecule has 5 nitrogen and oxygen atoms in total. The van der Waals surface area contributed by atoms with Crippen LogP contribution in [0.5, 0.6) is 17.2 Å². The third-order valence-corrected chi connectivity index (χ3v) is 4.61. The number of rotatable bonds is 5. The van der Waals surface area contributed by atoms with Crippen LogP contribution < -0.4 is 14.2 Å². The van der Waals surface area contributed by atoms with Gasteiger partial charge in [0.2, 0.25) is 5.75 Å². The second-order valence-corrected chi connectivity index (χ2v) is 5.98. The van der Waals surface area contributed by atoms with Crippen molar-refractivity contribution in [3.8, 4) is 17.2 Å². The van der Waals surface area contributed by atoms with E-state index in [2.05, 4.69) is 12.1 Å². The first-order valence-corrected chi connectivity index (χ1v) is 8.35. The van der Waals surface area contributed by atoms with Crippen molar-refractivity contribution in [2.45, 2.75) is 18.9 Å². The summed E-state index contributed by atoms with van der Waals surface area (Å²) in [4.78, 5) is 15.1. The predicted octanol–water partition coefficient (Wildman–Crippen LogP) is 3.69. The molecule has 0 aliphatic carbocycles. The number of methoxy groups -OCH3 is 3. The van der Waals surface area contributed by atoms with Gasteiger partial charge in [-0.25, -0.2) is 0 Å². The van der Waals surface area contributed by atoms with E-state index in [0.717, 1.165) is 19.4 Å². The van der Waals surface area contributed by atoms with Crippen LogP contribution in [0.25, 0.3) is 0 Å². The summed E-state index contributed by atoms with van der Waals surface area (Å²) in [6.45, 7) is 0.745. The molecule has 1 fully saturated rings. The minimum atomic E-state index is -0.0226. The second kappa shape index (κ2) is 7.47. The number of amides is 1. The lowest BCUT2D eigenvalue weighted by Gasteiger charge is -2.26. The fraction of sp³-hybridized carbons (Fsp3) is 0.350. The summed E-state index contributed by atoms with van der Waals surface area (Å²) in [5.41, 5.74) is 1.71. The van der Waals surface area contributed by atoms with Gasteiger partial charge < -0.3 is 19.1 Å². The van der Waals surface area contributed by atoms with Crippen LogP contribution in [-0.2, 0) is 0 Å². The molecule has 0 bridgehead atoms. The van der Waals surface area contributed by atoms with Gasteiger partial charge in [0.05, 0.1) is 27.4 Å². The molecule has 5 heteroatoms. The Kier molecular flexibility index (Phi) is 5.12. The van der Waals surface area contributed by atoms with Gasteiger partial charge in [-0.05, 0) is 30.5 Å². The Balaban J connectivity index is 1.95. The van der Waals surface area contributed by atoms with Crippen LogP contribution in [0.3, 0.4) is 0 Å². The first kappa shape index (κ1) is 17.1. The SMILES string of the molecule is COc1cc(C(=O)N2CCC[C@H]2c2ccccc2)cc(OC)c1OC. The number of carbonyl (C=O) groups excluding carboxylic acids is 1. The molecule has 2 aromatic carbocycles. The number of hydrogen-bond acceptors (Lipinski definition) is 4. The topological polar surface area (TPSA) is 48.0 Å². The van der Waals surface area contributed by atoms with Gasteiger partial charge in [-0.3, -0.25) is 4.79 Å². The summed E-state index contributed by atoms with van der Waals surface area (Å²) in [6.07, 6.45) is 1.97. The van der Waals surface area contributed by atoms with E-state index < -0.39 is 0 Å². The highest BCUT2D eigenvalue weighted by Gasteiger charge is 2.31. The lowest BCUT2D eigenvalue weighted by Crippen LogP contribution is -2.30. The molecule has 1 amide bonds. The van der Waals surface area contributed by atoms with E-state index >= 15 is 0 Å². The van der Waals surface area contributed by atoms with Crippen LogP contribution in [0.2, 0.25) is 0 Å². The molecule has 3 rings (SSSR count). The van der Waals surface area contributed by atoms with E-state index in [1.54, 1.807) is 33.5 Å². The van der Waals surface area contributed by atoms with Gasteiger partial charge >= 0.3 is 0 Å². The maximum absolute atomic E-state index is 13.1. The Hall–Kier alpha value is -2.69. The summed E-state index contributed by atoms with van der Waals surface area (Å²) in [5.74, 6) is 1.44. The molecule has 0 N–H and O–H groups in total. The van der Waals surface area contributed by atoms with Crippen molar-refractivity contribution in [1.82, 2.24) is 4.90 Å². The fourth-order valence-corrected chi connectivity index (χ4v) is 3.40. The third kappa shape index (κ3) is 3.27. The first-order chi connectivity index (χ1) is 12.2. The highest BCUT2D eigenvalue weighted by molar-refractivity contribution is 5.96. The molecule has 0 spiro atoms. The van der Waals surface area contributed by atoms with Gasteiger partial charge in [-0.15, -0.1) is 0 Å². The summed E-state index contributed by atoms with van der Waals surface area (Å²) in [5, 5.41) is 0. The standard InChI is InChI=1S/C20H23NO4/c1-23-17-12-15(13-18(24-2)19(17)25-3)20(22)21-11-7-10-16(21)14-8-5-4-6-9-14/h4-6,8-9,12-13,16H,7,10-11H2,1-3H3/t16-/m0/s1. The molecule has 25 heavy (non-hydrogen) atoms. The van der Waals surface area contributed by atoms with Gasteiger partial charge in [0.1, 0.15) is 0 Å². The molecule has 0 saturated carbocycles. The molecule has 2 aromatic rings. The number of likely N-dealkylation sites (tertiary alicyclic amines) is 1. The third-order valence-electron chi connectivity index (χ3n) is 4.61. The minimum Gasteiger partial charge on any atom is -0.493 e. The molecular formula is C20H23NO4. The zero-order valence-electron chi connectivity index (χ0n) is 14.8. The van der Waals surface area contributed by atoms with Crippen LogP contribution in [0, 0.1) is 0 Å². The monoisotopic (exact) mass is 341 g/mol. The van der Waals surface area contributed by atoms with Crippen LogP contribution in [-0.4, -0.2) is 38.7 Å². The molecule has 0 radical (unpaired) electrons. The van der Waals surface area contributed by atoms with E-state index in [0.29, 0.717) is 22.8 Å². The van der Waals surface area contributed by atoms with E-state index in [4.69, 9.17) is 14.2 Å². The summed E-state index contributed by atoms with van der Waals surface area (Å²) < 4.78 is 16.1. The number of nitrogens with zero attached hydrogens (tertiary/aromatic N) is 1. The lowest BCUT2D eigenvalue weighted by atomic mass is 10.0. The van der Waals surface area contributed by atoms with E-state index in [1.807, 2.05) is 23.1 Å². The van der Waals surface area contributed by atoms with Crippen molar-refractivity contribution in [2.75, 3.05) is 27.9 Å². The molecular weight excluding hydrogens is 318 g/mol. The Labute approximate surface area is 148 Å². The van der Waals surface area contributed by atoms with Crippen molar-refractivity contribution in [2.24, 2.45) is 0 Å². The van der Waals surface area contributed by atoms with Crippen LogP contribution in [0.1, 0.15) is 34.8 Å². The Morgan fingerprint density at radius 2 is 1.64 bits per heavy atom. The normalized spacial score (nSPS) is 16.6. The second-order valence-electron chi connectivity index (χ2n) is 5.98. The lowest BCUT2D eigenvalue weighted by molar-refractivity contribution is 0.0734. The average molecular weight is 341 g/mol. The van der Waals surface area contributed by atoms with Crippen LogP contribution in [0.15, 0.2) is 42.5 Å². The van der Waals surface area contributed by atoms with Crippen LogP contribution >= 0.6 is 0 Å². The Morgan fingerprint density at radius 1 is 1.00 bits per heavy atom. The smallest absolute Gasteiger partial charge is 0.254 e. The molecule has 0 unspecified atom stereocenters. The van der Waals surface area contributed by atoms with Gasteiger partial charge in [-0.1, -0.05) is 30.3 Å². The fourth-order valence-electron chi connectivity index (χ4n) is 3.40. The summed E-state index contributed by atoms with van der Waals surface area (Å²) >= 11 is 0. The van der Waals surface area contributed by atoms with Gasteiger partial charge in [0.15, 0.2) is 11.5 Å². The molecule has 1 aliphatic heterocycles. The first-order valence-electron chi connectivity index (χ1n) is 8.35. The Bertz CT molecular complexity index is 720. The molecule has 1 aliphatic rings. The number of ether oxygens (including phenoxy) is 3. The molecule has 1 heterocycles. The average Bonchev–Trinajstić information content (AvgIpc) is 3.16. The molecule has 1 saturated heterocycles. The highest BCUT2D eigenvalue weighted by atomic mass is 16.5. The van der Waals surface area contributed by atoms with Crippen molar-refractivity contribution in [1.29, 1.82) is 0 Å². The van der Waals surface area contributed by atoms with E-state index in [1.165, 1.54) is 5.56 Å². The van der Waals surface area contributed by atoms with E-state index in [9.17, 15) is 4.79 Å².